The van der Waals surface area contributed by atoms with E-state index in [4.69, 9.17) is 9.47 Å². The first-order valence-corrected chi connectivity index (χ1v) is 8.36. The SMILES string of the molecule is CNC(=O)C1OC(CO)C(O)C(n2cc(-c3cccc(F)c3)nn2)C1OC. The van der Waals surface area contributed by atoms with Crippen molar-refractivity contribution in [3.63, 3.8) is 0 Å². The molecule has 1 aliphatic heterocycles. The van der Waals surface area contributed by atoms with Gasteiger partial charge in [0.1, 0.15) is 35.9 Å². The lowest BCUT2D eigenvalue weighted by molar-refractivity contribution is -0.212. The largest absolute Gasteiger partial charge is 0.394 e. The van der Waals surface area contributed by atoms with E-state index in [1.165, 1.54) is 37.2 Å². The summed E-state index contributed by atoms with van der Waals surface area (Å²) in [6.07, 6.45) is -2.64. The van der Waals surface area contributed by atoms with Gasteiger partial charge in [-0.3, -0.25) is 4.79 Å². The molecule has 3 N–H and O–H groups in total. The summed E-state index contributed by atoms with van der Waals surface area (Å²) in [4.78, 5) is 12.2. The molecule has 1 amide bonds. The smallest absolute Gasteiger partial charge is 0.251 e. The van der Waals surface area contributed by atoms with E-state index in [9.17, 15) is 19.4 Å². The molecule has 3 rings (SSSR count). The minimum Gasteiger partial charge on any atom is -0.394 e. The first kappa shape index (κ1) is 19.4. The van der Waals surface area contributed by atoms with Gasteiger partial charge in [0, 0.05) is 19.7 Å². The summed E-state index contributed by atoms with van der Waals surface area (Å²) >= 11 is 0. The Bertz CT molecular complexity index is 801. The van der Waals surface area contributed by atoms with E-state index >= 15 is 0 Å². The Hall–Kier alpha value is -2.40. The average molecular weight is 380 g/mol. The fourth-order valence-corrected chi connectivity index (χ4v) is 3.22. The lowest BCUT2D eigenvalue weighted by Gasteiger charge is -2.42. The summed E-state index contributed by atoms with van der Waals surface area (Å²) in [5, 5.41) is 30.7. The van der Waals surface area contributed by atoms with Crippen molar-refractivity contribution < 1.29 is 28.9 Å². The normalized spacial score (nSPS) is 28.1. The standard InChI is InChI=1S/C17H21FN4O5/c1-19-17(25)16-15(26-2)13(14(24)12(8-23)27-16)22-7-11(20-21-22)9-4-3-5-10(18)6-9/h3-7,12-16,23-24H,8H2,1-2H3,(H,19,25). The van der Waals surface area contributed by atoms with Crippen molar-refractivity contribution in [2.24, 2.45) is 0 Å². The van der Waals surface area contributed by atoms with Crippen molar-refractivity contribution in [2.45, 2.75) is 30.5 Å². The van der Waals surface area contributed by atoms with Crippen LogP contribution in [0.3, 0.4) is 0 Å². The molecule has 2 heterocycles. The number of aromatic nitrogens is 3. The molecule has 146 valence electrons. The van der Waals surface area contributed by atoms with Crippen molar-refractivity contribution in [1.29, 1.82) is 0 Å². The van der Waals surface area contributed by atoms with E-state index in [0.717, 1.165) is 0 Å². The van der Waals surface area contributed by atoms with Crippen molar-refractivity contribution in [3.8, 4) is 11.3 Å². The Balaban J connectivity index is 1.97. The molecule has 1 aromatic heterocycles. The minimum atomic E-state index is -1.21. The van der Waals surface area contributed by atoms with Crippen LogP contribution in [0.25, 0.3) is 11.3 Å². The van der Waals surface area contributed by atoms with E-state index in [-0.39, 0.29) is 0 Å². The molecule has 0 spiro atoms. The number of carbonyl (C=O) groups excluding carboxylic acids is 1. The monoisotopic (exact) mass is 380 g/mol. The van der Waals surface area contributed by atoms with Gasteiger partial charge in [-0.15, -0.1) is 5.10 Å². The van der Waals surface area contributed by atoms with E-state index in [1.807, 2.05) is 0 Å². The maximum absolute atomic E-state index is 13.5. The molecule has 1 saturated heterocycles. The van der Waals surface area contributed by atoms with Crippen LogP contribution in [0.2, 0.25) is 0 Å². The van der Waals surface area contributed by atoms with Gasteiger partial charge in [-0.25, -0.2) is 9.07 Å². The van der Waals surface area contributed by atoms with Crippen LogP contribution in [0.4, 0.5) is 4.39 Å². The molecule has 2 aromatic rings. The Kier molecular flexibility index (Phi) is 5.80. The van der Waals surface area contributed by atoms with Gasteiger partial charge in [-0.1, -0.05) is 17.3 Å². The molecular weight excluding hydrogens is 359 g/mol. The molecular formula is C17H21FN4O5. The van der Waals surface area contributed by atoms with Crippen LogP contribution in [-0.4, -0.2) is 76.3 Å². The summed E-state index contributed by atoms with van der Waals surface area (Å²) in [6, 6.07) is 5.01. The van der Waals surface area contributed by atoms with Crippen LogP contribution in [0.15, 0.2) is 30.5 Å². The summed E-state index contributed by atoms with van der Waals surface area (Å²) in [7, 11) is 2.83. The molecule has 1 aliphatic rings. The lowest BCUT2D eigenvalue weighted by atomic mass is 9.92. The summed E-state index contributed by atoms with van der Waals surface area (Å²) < 4.78 is 25.7. The molecule has 0 saturated carbocycles. The number of benzene rings is 1. The van der Waals surface area contributed by atoms with Crippen molar-refractivity contribution in [3.05, 3.63) is 36.3 Å². The predicted octanol–water partition coefficient (Wildman–Crippen LogP) is -0.493. The molecule has 0 bridgehead atoms. The second-order valence-electron chi connectivity index (χ2n) is 6.17. The highest BCUT2D eigenvalue weighted by Crippen LogP contribution is 2.32. The quantitative estimate of drug-likeness (QED) is 0.640. The number of aliphatic hydroxyl groups is 2. The van der Waals surface area contributed by atoms with Gasteiger partial charge in [-0.2, -0.15) is 0 Å². The zero-order valence-corrected chi connectivity index (χ0v) is 14.8. The van der Waals surface area contributed by atoms with Crippen LogP contribution in [0.1, 0.15) is 6.04 Å². The van der Waals surface area contributed by atoms with E-state index in [2.05, 4.69) is 15.6 Å². The van der Waals surface area contributed by atoms with Crippen LogP contribution < -0.4 is 5.32 Å². The Morgan fingerprint density at radius 1 is 1.48 bits per heavy atom. The predicted molar refractivity (Wildman–Crippen MR) is 91.1 cm³/mol. The number of aliphatic hydroxyl groups excluding tert-OH is 2. The number of likely N-dealkylation sites (N-methyl/N-ethyl adjacent to an activating group) is 1. The van der Waals surface area contributed by atoms with Gasteiger partial charge >= 0.3 is 0 Å². The topological polar surface area (TPSA) is 119 Å². The molecule has 1 aromatic carbocycles. The Morgan fingerprint density at radius 2 is 2.26 bits per heavy atom. The maximum Gasteiger partial charge on any atom is 0.251 e. The van der Waals surface area contributed by atoms with Crippen LogP contribution >= 0.6 is 0 Å². The molecule has 27 heavy (non-hydrogen) atoms. The van der Waals surface area contributed by atoms with E-state index in [0.29, 0.717) is 11.3 Å². The number of halogens is 1. The first-order chi connectivity index (χ1) is 13.0. The van der Waals surface area contributed by atoms with E-state index < -0.39 is 48.8 Å². The van der Waals surface area contributed by atoms with Crippen molar-refractivity contribution in [2.75, 3.05) is 20.8 Å². The summed E-state index contributed by atoms with van der Waals surface area (Å²) in [5.41, 5.74) is 0.901. The average Bonchev–Trinajstić information content (AvgIpc) is 3.16. The number of nitrogens with one attached hydrogen (secondary N) is 1. The van der Waals surface area contributed by atoms with Crippen LogP contribution in [0, 0.1) is 5.82 Å². The highest BCUT2D eigenvalue weighted by Gasteiger charge is 2.49. The van der Waals surface area contributed by atoms with Gasteiger partial charge in [0.2, 0.25) is 0 Å². The van der Waals surface area contributed by atoms with Gasteiger partial charge in [-0.05, 0) is 12.1 Å². The second kappa shape index (κ2) is 8.09. The minimum absolute atomic E-state index is 0.389. The number of carbonyl (C=O) groups is 1. The van der Waals surface area contributed by atoms with Crippen molar-refractivity contribution in [1.82, 2.24) is 20.3 Å². The Labute approximate surface area is 154 Å². The van der Waals surface area contributed by atoms with E-state index in [1.54, 1.807) is 12.1 Å². The van der Waals surface area contributed by atoms with Gasteiger partial charge in [0.25, 0.3) is 5.91 Å². The number of methoxy groups -OCH3 is 1. The fourth-order valence-electron chi connectivity index (χ4n) is 3.22. The van der Waals surface area contributed by atoms with Crippen LogP contribution in [0.5, 0.6) is 0 Å². The van der Waals surface area contributed by atoms with Gasteiger partial charge in [0.05, 0.1) is 12.8 Å². The number of nitrogens with zero attached hydrogens (tertiary/aromatic N) is 3. The second-order valence-corrected chi connectivity index (χ2v) is 6.17. The third kappa shape index (κ3) is 3.69. The third-order valence-electron chi connectivity index (χ3n) is 4.58. The molecule has 5 atom stereocenters. The highest BCUT2D eigenvalue weighted by molar-refractivity contribution is 5.81. The van der Waals surface area contributed by atoms with Crippen LogP contribution in [-0.2, 0) is 14.3 Å². The third-order valence-corrected chi connectivity index (χ3v) is 4.58. The summed E-state index contributed by atoms with van der Waals surface area (Å²) in [5.74, 6) is -0.870. The number of ether oxygens (including phenoxy) is 2. The molecule has 0 radical (unpaired) electrons. The molecule has 10 heteroatoms. The number of rotatable bonds is 5. The molecule has 9 nitrogen and oxygen atoms in total. The summed E-state index contributed by atoms with van der Waals surface area (Å²) in [6.45, 7) is -0.493. The Morgan fingerprint density at radius 3 is 2.89 bits per heavy atom. The molecule has 5 unspecified atom stereocenters. The van der Waals surface area contributed by atoms with Gasteiger partial charge in [0.15, 0.2) is 6.10 Å². The maximum atomic E-state index is 13.5. The zero-order chi connectivity index (χ0) is 19.6. The number of hydrogen-bond acceptors (Lipinski definition) is 7. The number of amides is 1. The number of hydrogen-bond donors (Lipinski definition) is 3. The zero-order valence-electron chi connectivity index (χ0n) is 14.8. The highest BCUT2D eigenvalue weighted by atomic mass is 19.1. The fraction of sp³-hybridized carbons (Fsp3) is 0.471. The van der Waals surface area contributed by atoms with Gasteiger partial charge < -0.3 is 25.0 Å². The first-order valence-electron chi connectivity index (χ1n) is 8.36. The lowest BCUT2D eigenvalue weighted by Crippen LogP contribution is -2.60. The molecule has 0 aliphatic carbocycles. The van der Waals surface area contributed by atoms with Crippen molar-refractivity contribution >= 4 is 5.91 Å². The molecule has 1 fully saturated rings.